The summed E-state index contributed by atoms with van der Waals surface area (Å²) in [5, 5.41) is 0. The highest BCUT2D eigenvalue weighted by Gasteiger charge is 2.28. The van der Waals surface area contributed by atoms with Crippen molar-refractivity contribution in [3.8, 4) is 0 Å². The van der Waals surface area contributed by atoms with Crippen LogP contribution in [0.25, 0.3) is 11.0 Å². The molecule has 20 heavy (non-hydrogen) atoms. The van der Waals surface area contributed by atoms with Crippen molar-refractivity contribution in [1.29, 1.82) is 0 Å². The van der Waals surface area contributed by atoms with Gasteiger partial charge in [0.05, 0.1) is 15.9 Å². The highest BCUT2D eigenvalue weighted by atomic mass is 32.2. The fourth-order valence-corrected chi connectivity index (χ4v) is 4.77. The second-order valence-electron chi connectivity index (χ2n) is 5.54. The smallest absolute Gasteiger partial charge is 0.243 e. The van der Waals surface area contributed by atoms with Crippen molar-refractivity contribution in [3.05, 3.63) is 24.0 Å². The molecule has 0 saturated carbocycles. The first-order valence-electron chi connectivity index (χ1n) is 7.15. The Hall–Kier alpha value is -1.40. The first kappa shape index (κ1) is 12.3. The Morgan fingerprint density at radius 3 is 2.65 bits per heavy atom. The van der Waals surface area contributed by atoms with Crippen LogP contribution < -0.4 is 0 Å². The number of hydrogen-bond donors (Lipinski definition) is 0. The van der Waals surface area contributed by atoms with E-state index in [1.807, 2.05) is 6.07 Å². The summed E-state index contributed by atoms with van der Waals surface area (Å²) in [5.41, 5.74) is 1.86. The summed E-state index contributed by atoms with van der Waals surface area (Å²) in [6.45, 7) is 2.27. The molecule has 0 atom stereocenters. The Labute approximate surface area is 118 Å². The van der Waals surface area contributed by atoms with Crippen molar-refractivity contribution in [2.75, 3.05) is 13.1 Å². The van der Waals surface area contributed by atoms with Gasteiger partial charge in [-0.3, -0.25) is 0 Å². The molecular weight excluding hydrogens is 274 g/mol. The van der Waals surface area contributed by atoms with Crippen LogP contribution in [0.5, 0.6) is 0 Å². The van der Waals surface area contributed by atoms with Gasteiger partial charge in [-0.15, -0.1) is 0 Å². The molecule has 0 bridgehead atoms. The second kappa shape index (κ2) is 4.30. The van der Waals surface area contributed by atoms with Crippen LogP contribution >= 0.6 is 0 Å². The topological polar surface area (TPSA) is 55.2 Å². The molecule has 1 fully saturated rings. The van der Waals surface area contributed by atoms with Crippen LogP contribution in [0.15, 0.2) is 23.1 Å². The van der Waals surface area contributed by atoms with Crippen LogP contribution in [-0.2, 0) is 23.0 Å². The van der Waals surface area contributed by atoms with Gasteiger partial charge in [-0.25, -0.2) is 13.4 Å². The number of nitrogens with zero attached hydrogens (tertiary/aromatic N) is 3. The number of aryl methyl sites for hydroxylation is 2. The van der Waals surface area contributed by atoms with E-state index in [1.165, 1.54) is 0 Å². The molecule has 6 heteroatoms. The van der Waals surface area contributed by atoms with Gasteiger partial charge in [-0.1, -0.05) is 0 Å². The van der Waals surface area contributed by atoms with Crippen molar-refractivity contribution in [2.24, 2.45) is 0 Å². The number of imidazole rings is 1. The maximum absolute atomic E-state index is 12.5. The lowest BCUT2D eigenvalue weighted by Gasteiger charge is -2.15. The fourth-order valence-electron chi connectivity index (χ4n) is 3.23. The third-order valence-corrected chi connectivity index (χ3v) is 6.18. The van der Waals surface area contributed by atoms with E-state index in [0.717, 1.165) is 49.1 Å². The lowest BCUT2D eigenvalue weighted by Crippen LogP contribution is -2.27. The molecule has 106 valence electrons. The number of fused-ring (bicyclic) bond motifs is 3. The van der Waals surface area contributed by atoms with Gasteiger partial charge in [0.2, 0.25) is 10.0 Å². The number of aromatic nitrogens is 2. The molecule has 5 nitrogen and oxygen atoms in total. The Kier molecular flexibility index (Phi) is 2.65. The normalized spacial score (nSPS) is 19.8. The fraction of sp³-hybridized carbons (Fsp3) is 0.500. The van der Waals surface area contributed by atoms with Gasteiger partial charge >= 0.3 is 0 Å². The maximum Gasteiger partial charge on any atom is 0.243 e. The summed E-state index contributed by atoms with van der Waals surface area (Å²) >= 11 is 0. The zero-order chi connectivity index (χ0) is 13.7. The second-order valence-corrected chi connectivity index (χ2v) is 7.48. The standard InChI is InChI=1S/C14H17N3O2S/c18-20(19,16-7-1-2-8-16)11-5-6-13-12(10-11)15-14-4-3-9-17(13)14/h5-6,10H,1-4,7-9H2. The van der Waals surface area contributed by atoms with E-state index in [1.54, 1.807) is 16.4 Å². The molecule has 0 N–H and O–H groups in total. The van der Waals surface area contributed by atoms with Crippen molar-refractivity contribution in [3.63, 3.8) is 0 Å². The van der Waals surface area contributed by atoms with Gasteiger partial charge in [0.25, 0.3) is 0 Å². The van der Waals surface area contributed by atoms with Crippen LogP contribution in [0.3, 0.4) is 0 Å². The molecule has 0 spiro atoms. The molecule has 2 aliphatic heterocycles. The molecule has 0 radical (unpaired) electrons. The van der Waals surface area contributed by atoms with Crippen molar-refractivity contribution < 1.29 is 8.42 Å². The molecule has 1 aromatic heterocycles. The third kappa shape index (κ3) is 1.71. The van der Waals surface area contributed by atoms with E-state index in [4.69, 9.17) is 0 Å². The maximum atomic E-state index is 12.5. The molecule has 1 saturated heterocycles. The molecule has 4 rings (SSSR count). The Morgan fingerprint density at radius 1 is 1.05 bits per heavy atom. The zero-order valence-electron chi connectivity index (χ0n) is 11.2. The molecule has 2 aromatic rings. The van der Waals surface area contributed by atoms with Crippen LogP contribution in [0.4, 0.5) is 0 Å². The average Bonchev–Trinajstić information content (AvgIpc) is 3.14. The van der Waals surface area contributed by atoms with Gasteiger partial charge in [0.15, 0.2) is 0 Å². The molecule has 3 heterocycles. The first-order valence-corrected chi connectivity index (χ1v) is 8.59. The highest BCUT2D eigenvalue weighted by molar-refractivity contribution is 7.89. The van der Waals surface area contributed by atoms with Gasteiger partial charge in [-0.2, -0.15) is 4.31 Å². The van der Waals surface area contributed by atoms with Crippen LogP contribution in [0.1, 0.15) is 25.1 Å². The summed E-state index contributed by atoms with van der Waals surface area (Å²) in [6.07, 6.45) is 4.04. The van der Waals surface area contributed by atoms with Crippen LogP contribution in [-0.4, -0.2) is 35.4 Å². The zero-order valence-corrected chi connectivity index (χ0v) is 12.1. The quantitative estimate of drug-likeness (QED) is 0.847. The van der Waals surface area contributed by atoms with Crippen molar-refractivity contribution in [2.45, 2.75) is 37.1 Å². The number of rotatable bonds is 2. The van der Waals surface area contributed by atoms with Crippen molar-refractivity contribution in [1.82, 2.24) is 13.9 Å². The average molecular weight is 291 g/mol. The van der Waals surface area contributed by atoms with E-state index >= 15 is 0 Å². The van der Waals surface area contributed by atoms with E-state index in [0.29, 0.717) is 18.0 Å². The minimum Gasteiger partial charge on any atom is -0.328 e. The highest BCUT2D eigenvalue weighted by Crippen LogP contribution is 2.27. The van der Waals surface area contributed by atoms with E-state index in [9.17, 15) is 8.42 Å². The van der Waals surface area contributed by atoms with Crippen molar-refractivity contribution >= 4 is 21.1 Å². The van der Waals surface area contributed by atoms with E-state index in [-0.39, 0.29) is 0 Å². The largest absolute Gasteiger partial charge is 0.328 e. The van der Waals surface area contributed by atoms with Gasteiger partial charge in [0.1, 0.15) is 5.82 Å². The van der Waals surface area contributed by atoms with Gasteiger partial charge in [0, 0.05) is 26.1 Å². The van der Waals surface area contributed by atoms with Gasteiger partial charge in [-0.05, 0) is 37.5 Å². The summed E-state index contributed by atoms with van der Waals surface area (Å²) in [6, 6.07) is 5.36. The number of sulfonamides is 1. The molecule has 0 aliphatic carbocycles. The lowest BCUT2D eigenvalue weighted by molar-refractivity contribution is 0.477. The number of benzene rings is 1. The Balaban J connectivity index is 1.81. The predicted molar refractivity (Wildman–Crippen MR) is 76.0 cm³/mol. The number of hydrogen-bond acceptors (Lipinski definition) is 3. The molecule has 2 aliphatic rings. The van der Waals surface area contributed by atoms with E-state index in [2.05, 4.69) is 9.55 Å². The molecule has 0 amide bonds. The monoisotopic (exact) mass is 291 g/mol. The summed E-state index contributed by atoms with van der Waals surface area (Å²) in [4.78, 5) is 4.95. The Morgan fingerprint density at radius 2 is 1.85 bits per heavy atom. The summed E-state index contributed by atoms with van der Waals surface area (Å²) in [5.74, 6) is 1.08. The third-order valence-electron chi connectivity index (χ3n) is 4.28. The minimum absolute atomic E-state index is 0.378. The lowest BCUT2D eigenvalue weighted by atomic mass is 10.3. The molecular formula is C14H17N3O2S. The van der Waals surface area contributed by atoms with Gasteiger partial charge < -0.3 is 4.57 Å². The predicted octanol–water partition coefficient (Wildman–Crippen LogP) is 1.77. The van der Waals surface area contributed by atoms with E-state index < -0.39 is 10.0 Å². The van der Waals surface area contributed by atoms with Crippen LogP contribution in [0.2, 0.25) is 0 Å². The van der Waals surface area contributed by atoms with Crippen LogP contribution in [0, 0.1) is 0 Å². The summed E-state index contributed by atoms with van der Waals surface area (Å²) in [7, 11) is -3.34. The first-order chi connectivity index (χ1) is 9.66. The molecule has 0 unspecified atom stereocenters. The summed E-state index contributed by atoms with van der Waals surface area (Å²) < 4.78 is 28.9. The minimum atomic E-state index is -3.34. The molecule has 1 aromatic carbocycles. The SMILES string of the molecule is O=S(=O)(c1ccc2c(c1)nc1n2CCC1)N1CCCC1. The Bertz CT molecular complexity index is 773.